The zero-order valence-corrected chi connectivity index (χ0v) is 27.3. The van der Waals surface area contributed by atoms with E-state index >= 15 is 0 Å². The summed E-state index contributed by atoms with van der Waals surface area (Å²) < 4.78 is 0. The molecular formula is C50H30. The Morgan fingerprint density at radius 3 is 1.56 bits per heavy atom. The fourth-order valence-electron chi connectivity index (χ4n) is 8.61. The van der Waals surface area contributed by atoms with Crippen molar-refractivity contribution in [3.05, 3.63) is 182 Å². The molecule has 50 heavy (non-hydrogen) atoms. The van der Waals surface area contributed by atoms with Crippen LogP contribution in [0.3, 0.4) is 0 Å². The van der Waals surface area contributed by atoms with E-state index in [9.17, 15) is 0 Å². The molecule has 0 saturated heterocycles. The molecule has 1 aliphatic rings. The van der Waals surface area contributed by atoms with Gasteiger partial charge in [-0.05, 0) is 128 Å². The number of hydrogen-bond donors (Lipinski definition) is 0. The second kappa shape index (κ2) is 10.5. The van der Waals surface area contributed by atoms with E-state index in [0.717, 1.165) is 0 Å². The van der Waals surface area contributed by atoms with Gasteiger partial charge in [0, 0.05) is 0 Å². The van der Waals surface area contributed by atoms with Gasteiger partial charge in [0.15, 0.2) is 0 Å². The fraction of sp³-hybridized carbons (Fsp3) is 0. The minimum absolute atomic E-state index is 1.22. The number of rotatable bonds is 3. The summed E-state index contributed by atoms with van der Waals surface area (Å²) in [6.07, 6.45) is 0. The molecule has 0 radical (unpaired) electrons. The number of benzene rings is 10. The summed E-state index contributed by atoms with van der Waals surface area (Å²) in [7, 11) is 0. The van der Waals surface area contributed by atoms with Gasteiger partial charge in [0.2, 0.25) is 0 Å². The molecule has 0 heteroatoms. The third-order valence-corrected chi connectivity index (χ3v) is 11.0. The Morgan fingerprint density at radius 2 is 0.740 bits per heavy atom. The maximum absolute atomic E-state index is 2.37. The molecular weight excluding hydrogens is 601 g/mol. The van der Waals surface area contributed by atoms with Crippen LogP contribution in [0.15, 0.2) is 182 Å². The van der Waals surface area contributed by atoms with E-state index < -0.39 is 0 Å². The lowest BCUT2D eigenvalue weighted by molar-refractivity contribution is 1.62. The van der Waals surface area contributed by atoms with Gasteiger partial charge < -0.3 is 0 Å². The molecule has 10 aromatic rings. The second-order valence-corrected chi connectivity index (χ2v) is 13.6. The van der Waals surface area contributed by atoms with Crippen molar-refractivity contribution in [2.45, 2.75) is 0 Å². The van der Waals surface area contributed by atoms with Crippen molar-refractivity contribution in [1.29, 1.82) is 0 Å². The maximum Gasteiger partial charge on any atom is -0.00201 e. The van der Waals surface area contributed by atoms with Crippen molar-refractivity contribution in [1.82, 2.24) is 0 Å². The molecule has 1 aliphatic carbocycles. The van der Waals surface area contributed by atoms with Crippen molar-refractivity contribution in [3.8, 4) is 55.6 Å². The largest absolute Gasteiger partial charge is 0.0616 e. The highest BCUT2D eigenvalue weighted by atomic mass is 14.2. The molecule has 0 aliphatic heterocycles. The van der Waals surface area contributed by atoms with Gasteiger partial charge in [-0.3, -0.25) is 0 Å². The van der Waals surface area contributed by atoms with Gasteiger partial charge >= 0.3 is 0 Å². The van der Waals surface area contributed by atoms with Crippen LogP contribution in [0.4, 0.5) is 0 Å². The van der Waals surface area contributed by atoms with Gasteiger partial charge in [-0.15, -0.1) is 0 Å². The Hall–Kier alpha value is -6.50. The van der Waals surface area contributed by atoms with E-state index in [2.05, 4.69) is 182 Å². The molecule has 0 fully saturated rings. The fourth-order valence-corrected chi connectivity index (χ4v) is 8.61. The molecule has 0 heterocycles. The van der Waals surface area contributed by atoms with Gasteiger partial charge in [0.1, 0.15) is 0 Å². The molecule has 0 saturated carbocycles. The van der Waals surface area contributed by atoms with Crippen molar-refractivity contribution in [2.75, 3.05) is 0 Å². The van der Waals surface area contributed by atoms with E-state index in [0.29, 0.717) is 0 Å². The van der Waals surface area contributed by atoms with E-state index in [1.165, 1.54) is 109 Å². The predicted octanol–water partition coefficient (Wildman–Crippen LogP) is 14.1. The first kappa shape index (κ1) is 27.5. The lowest BCUT2D eigenvalue weighted by atomic mass is 9.89. The molecule has 0 amide bonds. The Kier molecular flexibility index (Phi) is 5.76. The van der Waals surface area contributed by atoms with Crippen LogP contribution in [-0.4, -0.2) is 0 Å². The van der Waals surface area contributed by atoms with Crippen molar-refractivity contribution < 1.29 is 0 Å². The molecule has 11 rings (SSSR count). The minimum atomic E-state index is 1.22. The smallest absolute Gasteiger partial charge is 0.00201 e. The first-order chi connectivity index (χ1) is 24.8. The number of hydrogen-bond acceptors (Lipinski definition) is 0. The summed E-state index contributed by atoms with van der Waals surface area (Å²) in [5, 5.41) is 13.0. The molecule has 0 unspecified atom stereocenters. The highest BCUT2D eigenvalue weighted by Gasteiger charge is 2.22. The molecule has 0 aromatic heterocycles. The second-order valence-electron chi connectivity index (χ2n) is 13.6. The average molecular weight is 631 g/mol. The van der Waals surface area contributed by atoms with Crippen LogP contribution in [0.5, 0.6) is 0 Å². The zero-order valence-electron chi connectivity index (χ0n) is 27.3. The number of fused-ring (bicyclic) bond motifs is 9. The van der Waals surface area contributed by atoms with Gasteiger partial charge in [-0.1, -0.05) is 164 Å². The monoisotopic (exact) mass is 630 g/mol. The van der Waals surface area contributed by atoms with Crippen LogP contribution < -0.4 is 0 Å². The van der Waals surface area contributed by atoms with Crippen molar-refractivity contribution in [3.63, 3.8) is 0 Å². The summed E-state index contributed by atoms with van der Waals surface area (Å²) in [5.41, 5.74) is 12.8. The van der Waals surface area contributed by atoms with Crippen molar-refractivity contribution in [2.24, 2.45) is 0 Å². The van der Waals surface area contributed by atoms with E-state index in [-0.39, 0.29) is 0 Å². The third-order valence-electron chi connectivity index (χ3n) is 11.0. The lowest BCUT2D eigenvalue weighted by Gasteiger charge is -2.14. The summed E-state index contributed by atoms with van der Waals surface area (Å²) >= 11 is 0. The normalized spacial score (nSPS) is 12.0. The Labute approximate surface area is 290 Å². The summed E-state index contributed by atoms with van der Waals surface area (Å²) in [4.78, 5) is 0. The van der Waals surface area contributed by atoms with Crippen LogP contribution in [0.1, 0.15) is 0 Å². The molecule has 230 valence electrons. The standard InChI is InChI=1S/C50H30/c1-3-10-40-33(8-1)24-25-47-48(30-36-9-2-4-11-41(36)49(40)47)34-20-16-31(17-21-34)35-22-18-32-19-23-37(29-38(32)28-35)39-26-27-46-43-13-6-5-12-42(43)45-15-7-14-44(39)50(45)46/h1-30H. The zero-order chi connectivity index (χ0) is 32.8. The first-order valence-corrected chi connectivity index (χ1v) is 17.4. The Morgan fingerprint density at radius 1 is 0.200 bits per heavy atom. The summed E-state index contributed by atoms with van der Waals surface area (Å²) in [6, 6.07) is 67.5. The molecule has 0 N–H and O–H groups in total. The average Bonchev–Trinajstić information content (AvgIpc) is 3.52. The van der Waals surface area contributed by atoms with Gasteiger partial charge in [-0.2, -0.15) is 0 Å². The molecule has 0 atom stereocenters. The van der Waals surface area contributed by atoms with Crippen LogP contribution >= 0.6 is 0 Å². The summed E-state index contributed by atoms with van der Waals surface area (Å²) in [6.45, 7) is 0. The molecule has 0 nitrogen and oxygen atoms in total. The maximum atomic E-state index is 2.37. The van der Waals surface area contributed by atoms with E-state index in [4.69, 9.17) is 0 Å². The van der Waals surface area contributed by atoms with Crippen LogP contribution in [0.25, 0.3) is 109 Å². The van der Waals surface area contributed by atoms with Gasteiger partial charge in [-0.25, -0.2) is 0 Å². The third kappa shape index (κ3) is 4.00. The molecule has 0 spiro atoms. The van der Waals surface area contributed by atoms with Crippen LogP contribution in [0, 0.1) is 0 Å². The Bertz CT molecular complexity index is 2970. The lowest BCUT2D eigenvalue weighted by Crippen LogP contribution is -1.87. The van der Waals surface area contributed by atoms with Crippen LogP contribution in [-0.2, 0) is 0 Å². The predicted molar refractivity (Wildman–Crippen MR) is 215 cm³/mol. The summed E-state index contributed by atoms with van der Waals surface area (Å²) in [5.74, 6) is 0. The minimum Gasteiger partial charge on any atom is -0.0616 e. The Balaban J connectivity index is 1.00. The SMILES string of the molecule is c1ccc2c(c1)-c1cccc3c(-c4ccc5ccc(-c6ccc(-c7cc8ccccc8c8c7ccc7ccccc78)cc6)cc5c4)ccc-2c13. The first-order valence-electron chi connectivity index (χ1n) is 17.4. The molecule has 10 aromatic carbocycles. The van der Waals surface area contributed by atoms with E-state index in [1.54, 1.807) is 0 Å². The highest BCUT2D eigenvalue weighted by molar-refractivity contribution is 6.24. The van der Waals surface area contributed by atoms with Crippen molar-refractivity contribution >= 4 is 53.9 Å². The topological polar surface area (TPSA) is 0 Å². The van der Waals surface area contributed by atoms with Gasteiger partial charge in [0.25, 0.3) is 0 Å². The van der Waals surface area contributed by atoms with E-state index in [1.807, 2.05) is 0 Å². The molecule has 0 bridgehead atoms. The van der Waals surface area contributed by atoms with Crippen LogP contribution in [0.2, 0.25) is 0 Å². The highest BCUT2D eigenvalue weighted by Crippen LogP contribution is 2.49. The van der Waals surface area contributed by atoms with Gasteiger partial charge in [0.05, 0.1) is 0 Å². The quantitative estimate of drug-likeness (QED) is 0.170.